The van der Waals surface area contributed by atoms with E-state index in [4.69, 9.17) is 13.6 Å². The minimum atomic E-state index is -0.204. The molecule has 2 heterocycles. The molecule has 0 spiro atoms. The summed E-state index contributed by atoms with van der Waals surface area (Å²) in [5, 5.41) is 2.87. The van der Waals surface area contributed by atoms with Crippen molar-refractivity contribution >= 4 is 11.7 Å². The number of amides is 2. The van der Waals surface area contributed by atoms with Crippen molar-refractivity contribution in [2.75, 3.05) is 12.4 Å². The fourth-order valence-corrected chi connectivity index (χ4v) is 2.33. The van der Waals surface area contributed by atoms with Gasteiger partial charge in [0.15, 0.2) is 0 Å². The van der Waals surface area contributed by atoms with E-state index in [1.807, 2.05) is 42.5 Å². The number of anilines is 1. The van der Waals surface area contributed by atoms with Crippen LogP contribution < -0.4 is 5.32 Å². The van der Waals surface area contributed by atoms with Crippen LogP contribution in [0.25, 0.3) is 0 Å². The lowest BCUT2D eigenvalue weighted by atomic mass is 10.2. The van der Waals surface area contributed by atoms with E-state index in [0.717, 1.165) is 22.8 Å². The highest BCUT2D eigenvalue weighted by molar-refractivity contribution is 5.89. The van der Waals surface area contributed by atoms with Crippen molar-refractivity contribution in [3.8, 4) is 0 Å². The van der Waals surface area contributed by atoms with Gasteiger partial charge in [-0.25, -0.2) is 4.79 Å². The van der Waals surface area contributed by atoms with Gasteiger partial charge in [-0.05, 0) is 42.0 Å². The van der Waals surface area contributed by atoms with E-state index in [0.29, 0.717) is 19.8 Å². The summed E-state index contributed by atoms with van der Waals surface area (Å²) in [5.74, 6) is 1.52. The van der Waals surface area contributed by atoms with Crippen molar-refractivity contribution in [3.63, 3.8) is 0 Å². The monoisotopic (exact) mass is 340 g/mol. The average Bonchev–Trinajstić information content (AvgIpc) is 3.29. The molecule has 3 aromatic rings. The number of carbonyl (C=O) groups is 1. The number of carbonyl (C=O) groups excluding carboxylic acids is 1. The molecule has 0 unspecified atom stereocenters. The smallest absolute Gasteiger partial charge is 0.321 e. The number of benzene rings is 1. The summed E-state index contributed by atoms with van der Waals surface area (Å²) in [6.07, 6.45) is 3.21. The van der Waals surface area contributed by atoms with Crippen molar-refractivity contribution in [2.24, 2.45) is 0 Å². The highest BCUT2D eigenvalue weighted by Gasteiger charge is 2.11. The lowest BCUT2D eigenvalue weighted by Crippen LogP contribution is -2.30. The number of nitrogens with one attached hydrogen (secondary N) is 1. The van der Waals surface area contributed by atoms with Gasteiger partial charge in [-0.15, -0.1) is 0 Å². The maximum absolute atomic E-state index is 12.2. The van der Waals surface area contributed by atoms with E-state index >= 15 is 0 Å². The zero-order valence-electron chi connectivity index (χ0n) is 14.0. The SMILES string of the molecule is CN(Cc1ccco1)C(=O)Nc1cccc(COCc2ccco2)c1. The quantitative estimate of drug-likeness (QED) is 0.698. The van der Waals surface area contributed by atoms with Gasteiger partial charge in [0.05, 0.1) is 25.7 Å². The topological polar surface area (TPSA) is 67.9 Å². The number of urea groups is 1. The van der Waals surface area contributed by atoms with Crippen LogP contribution in [0.3, 0.4) is 0 Å². The fourth-order valence-electron chi connectivity index (χ4n) is 2.33. The highest BCUT2D eigenvalue weighted by Crippen LogP contribution is 2.14. The molecule has 1 N–H and O–H groups in total. The number of hydrogen-bond donors (Lipinski definition) is 1. The standard InChI is InChI=1S/C19H20N2O4/c1-21(12-17-7-3-9-24-17)19(22)20-16-6-2-5-15(11-16)13-23-14-18-8-4-10-25-18/h2-11H,12-14H2,1H3,(H,20,22). The van der Waals surface area contributed by atoms with Crippen LogP contribution in [0.5, 0.6) is 0 Å². The third-order valence-corrected chi connectivity index (χ3v) is 3.59. The normalized spacial score (nSPS) is 10.6. The molecule has 0 saturated heterocycles. The molecular formula is C19H20N2O4. The Labute approximate surface area is 146 Å². The molecule has 130 valence electrons. The van der Waals surface area contributed by atoms with Crippen LogP contribution in [0, 0.1) is 0 Å². The van der Waals surface area contributed by atoms with E-state index in [-0.39, 0.29) is 6.03 Å². The zero-order chi connectivity index (χ0) is 17.5. The van der Waals surface area contributed by atoms with Crippen LogP contribution in [0.4, 0.5) is 10.5 Å². The van der Waals surface area contributed by atoms with Gasteiger partial charge in [0.2, 0.25) is 0 Å². The molecule has 25 heavy (non-hydrogen) atoms. The molecular weight excluding hydrogens is 320 g/mol. The predicted octanol–water partition coefficient (Wildman–Crippen LogP) is 4.25. The molecule has 0 fully saturated rings. The predicted molar refractivity (Wildman–Crippen MR) is 92.8 cm³/mol. The van der Waals surface area contributed by atoms with Gasteiger partial charge < -0.3 is 23.8 Å². The van der Waals surface area contributed by atoms with Gasteiger partial charge in [0.1, 0.15) is 18.1 Å². The Morgan fingerprint density at radius 3 is 2.52 bits per heavy atom. The van der Waals surface area contributed by atoms with Gasteiger partial charge in [-0.1, -0.05) is 12.1 Å². The molecule has 1 aromatic carbocycles. The second-order valence-electron chi connectivity index (χ2n) is 5.64. The maximum atomic E-state index is 12.2. The van der Waals surface area contributed by atoms with Crippen molar-refractivity contribution in [2.45, 2.75) is 19.8 Å². The molecule has 6 nitrogen and oxygen atoms in total. The van der Waals surface area contributed by atoms with Gasteiger partial charge in [-0.3, -0.25) is 0 Å². The van der Waals surface area contributed by atoms with Gasteiger partial charge in [0, 0.05) is 12.7 Å². The molecule has 0 radical (unpaired) electrons. The van der Waals surface area contributed by atoms with Gasteiger partial charge in [0.25, 0.3) is 0 Å². The van der Waals surface area contributed by atoms with Crippen molar-refractivity contribution in [1.29, 1.82) is 0 Å². The Balaban J connectivity index is 1.51. The molecule has 6 heteroatoms. The summed E-state index contributed by atoms with van der Waals surface area (Å²) < 4.78 is 16.1. The van der Waals surface area contributed by atoms with E-state index in [1.54, 1.807) is 30.5 Å². The van der Waals surface area contributed by atoms with E-state index in [9.17, 15) is 4.79 Å². The first-order valence-electron chi connectivity index (χ1n) is 7.94. The summed E-state index contributed by atoms with van der Waals surface area (Å²) in [4.78, 5) is 13.8. The molecule has 0 bridgehead atoms. The zero-order valence-corrected chi connectivity index (χ0v) is 14.0. The molecule has 0 aliphatic rings. The third-order valence-electron chi connectivity index (χ3n) is 3.59. The molecule has 0 aliphatic carbocycles. The Bertz CT molecular complexity index is 782. The molecule has 2 aromatic heterocycles. The first-order chi connectivity index (χ1) is 12.2. The maximum Gasteiger partial charge on any atom is 0.321 e. The number of ether oxygens (including phenoxy) is 1. The summed E-state index contributed by atoms with van der Waals surface area (Å²) in [5.41, 5.74) is 1.69. The van der Waals surface area contributed by atoms with Crippen LogP contribution in [0.1, 0.15) is 17.1 Å². The van der Waals surface area contributed by atoms with Crippen molar-refractivity contribution in [3.05, 3.63) is 78.1 Å². The molecule has 2 amide bonds. The Morgan fingerprint density at radius 2 is 1.80 bits per heavy atom. The van der Waals surface area contributed by atoms with E-state index in [1.165, 1.54) is 0 Å². The summed E-state index contributed by atoms with van der Waals surface area (Å²) in [6, 6.07) is 14.7. The summed E-state index contributed by atoms with van der Waals surface area (Å²) in [7, 11) is 1.72. The van der Waals surface area contributed by atoms with Gasteiger partial charge in [-0.2, -0.15) is 0 Å². The molecule has 0 atom stereocenters. The lowest BCUT2D eigenvalue weighted by molar-refractivity contribution is 0.0930. The van der Waals surface area contributed by atoms with Gasteiger partial charge >= 0.3 is 6.03 Å². The Kier molecular flexibility index (Phi) is 5.53. The second-order valence-corrected chi connectivity index (χ2v) is 5.64. The number of furan rings is 2. The minimum Gasteiger partial charge on any atom is -0.467 e. The number of rotatable bonds is 7. The summed E-state index contributed by atoms with van der Waals surface area (Å²) >= 11 is 0. The fraction of sp³-hybridized carbons (Fsp3) is 0.211. The second kappa shape index (κ2) is 8.21. The summed E-state index contributed by atoms with van der Waals surface area (Å²) in [6.45, 7) is 1.26. The Morgan fingerprint density at radius 1 is 1.04 bits per heavy atom. The van der Waals surface area contributed by atoms with Crippen molar-refractivity contribution < 1.29 is 18.4 Å². The van der Waals surface area contributed by atoms with Crippen LogP contribution in [0.15, 0.2) is 69.9 Å². The molecule has 3 rings (SSSR count). The highest BCUT2D eigenvalue weighted by atomic mass is 16.5. The van der Waals surface area contributed by atoms with Crippen LogP contribution in [0.2, 0.25) is 0 Å². The average molecular weight is 340 g/mol. The third kappa shape index (κ3) is 4.99. The first-order valence-corrected chi connectivity index (χ1v) is 7.94. The van der Waals surface area contributed by atoms with E-state index in [2.05, 4.69) is 5.32 Å². The Hall–Kier alpha value is -2.99. The molecule has 0 aliphatic heterocycles. The number of nitrogens with zero attached hydrogens (tertiary/aromatic N) is 1. The number of hydrogen-bond acceptors (Lipinski definition) is 4. The first kappa shape index (κ1) is 16.9. The van der Waals surface area contributed by atoms with Crippen LogP contribution >= 0.6 is 0 Å². The minimum absolute atomic E-state index is 0.204. The molecule has 0 saturated carbocycles. The van der Waals surface area contributed by atoms with Crippen LogP contribution in [-0.4, -0.2) is 18.0 Å². The van der Waals surface area contributed by atoms with E-state index < -0.39 is 0 Å². The largest absolute Gasteiger partial charge is 0.467 e. The van der Waals surface area contributed by atoms with Crippen LogP contribution in [-0.2, 0) is 24.5 Å². The lowest BCUT2D eigenvalue weighted by Gasteiger charge is -2.17. The van der Waals surface area contributed by atoms with Crippen molar-refractivity contribution in [1.82, 2.24) is 4.90 Å².